The molecule has 0 aliphatic carbocycles. The van der Waals surface area contributed by atoms with E-state index >= 15 is 0 Å². The predicted octanol–water partition coefficient (Wildman–Crippen LogP) is -0.199. The van der Waals surface area contributed by atoms with Crippen LogP contribution in [-0.4, -0.2) is 45.6 Å². The topological polar surface area (TPSA) is 89.8 Å². The Bertz CT molecular complexity index is 213. The second-order valence-corrected chi connectivity index (χ2v) is 7.61. The molecule has 0 saturated carbocycles. The van der Waals surface area contributed by atoms with Gasteiger partial charge in [0.2, 0.25) is 0 Å². The van der Waals surface area contributed by atoms with Gasteiger partial charge < -0.3 is 0 Å². The van der Waals surface area contributed by atoms with Crippen molar-refractivity contribution < 1.29 is 24.2 Å². The molecule has 0 fully saturated rings. The van der Waals surface area contributed by atoms with Crippen LogP contribution in [0.5, 0.6) is 0 Å². The second kappa shape index (κ2) is 7.02. The van der Waals surface area contributed by atoms with E-state index in [2.05, 4.69) is 4.52 Å². The number of rotatable bonds is 8. The van der Waals surface area contributed by atoms with E-state index in [1.807, 2.05) is 22.5 Å². The summed E-state index contributed by atoms with van der Waals surface area (Å²) in [4.78, 5) is 10.8. The molecule has 0 saturated heterocycles. The number of hydrogen-bond donors (Lipinski definition) is 2. The van der Waals surface area contributed by atoms with Crippen molar-refractivity contribution in [3.8, 4) is 0 Å². The zero-order valence-corrected chi connectivity index (χ0v) is 11.3. The normalized spacial score (nSPS) is 16.3. The standard InChI is InChI=1S/C8H19O5PSe/c1-2-3-4-8(5-9,6-10)7-13-14(11,12)15/h9-10H,2-7H2,1H3,(H2,11,12,15)/p-2. The van der Waals surface area contributed by atoms with Crippen LogP contribution in [0.2, 0.25) is 0 Å². The van der Waals surface area contributed by atoms with Crippen LogP contribution in [0, 0.1) is 5.41 Å². The summed E-state index contributed by atoms with van der Waals surface area (Å²) in [7, 11) is 0. The average molecular weight is 303 g/mol. The zero-order chi connectivity index (χ0) is 11.9. The fourth-order valence-electron chi connectivity index (χ4n) is 1.14. The van der Waals surface area contributed by atoms with Gasteiger partial charge in [-0.15, -0.1) is 0 Å². The van der Waals surface area contributed by atoms with E-state index < -0.39 is 11.7 Å². The van der Waals surface area contributed by atoms with Gasteiger partial charge in [0.25, 0.3) is 0 Å². The molecule has 0 bridgehead atoms. The van der Waals surface area contributed by atoms with Crippen LogP contribution >= 0.6 is 6.29 Å². The van der Waals surface area contributed by atoms with Crippen molar-refractivity contribution in [2.45, 2.75) is 26.2 Å². The molecule has 0 radical (unpaired) electrons. The molecule has 1 unspecified atom stereocenters. The zero-order valence-electron chi connectivity index (χ0n) is 8.72. The summed E-state index contributed by atoms with van der Waals surface area (Å²) in [6, 6.07) is 0. The fourth-order valence-corrected chi connectivity index (χ4v) is 1.90. The third-order valence-corrected chi connectivity index (χ3v) is 3.37. The number of aliphatic hydroxyl groups is 2. The third kappa shape index (κ3) is 6.69. The van der Waals surface area contributed by atoms with E-state index in [1.54, 1.807) is 0 Å². The van der Waals surface area contributed by atoms with Gasteiger partial charge in [0.1, 0.15) is 0 Å². The van der Waals surface area contributed by atoms with Crippen molar-refractivity contribution in [2.75, 3.05) is 19.8 Å². The average Bonchev–Trinajstić information content (AvgIpc) is 2.18. The maximum absolute atomic E-state index is 10.8. The van der Waals surface area contributed by atoms with E-state index in [-0.39, 0.29) is 19.8 Å². The van der Waals surface area contributed by atoms with E-state index in [0.29, 0.717) is 6.42 Å². The van der Waals surface area contributed by atoms with Gasteiger partial charge in [0.05, 0.1) is 0 Å². The van der Waals surface area contributed by atoms with Gasteiger partial charge in [-0.2, -0.15) is 0 Å². The summed E-state index contributed by atoms with van der Waals surface area (Å²) >= 11 is 1.91. The SMILES string of the molecule is CCCCC(CO)(CO)COP(=O)([O-])[Se-]. The Balaban J connectivity index is 4.29. The quantitative estimate of drug-likeness (QED) is 0.479. The molecule has 0 amide bonds. The minimum atomic E-state index is -3.92. The Kier molecular flexibility index (Phi) is 7.30. The summed E-state index contributed by atoms with van der Waals surface area (Å²) in [6.45, 7) is 1.22. The molecule has 0 aliphatic heterocycles. The van der Waals surface area contributed by atoms with Crippen LogP contribution in [0.15, 0.2) is 0 Å². The molecule has 15 heavy (non-hydrogen) atoms. The van der Waals surface area contributed by atoms with Gasteiger partial charge in [-0.25, -0.2) is 0 Å². The van der Waals surface area contributed by atoms with Gasteiger partial charge >= 0.3 is 97.5 Å². The second-order valence-electron chi connectivity index (χ2n) is 3.64. The molecule has 2 N–H and O–H groups in total. The van der Waals surface area contributed by atoms with Crippen molar-refractivity contribution in [1.82, 2.24) is 0 Å². The molecule has 0 aliphatic rings. The Morgan fingerprint density at radius 1 is 1.47 bits per heavy atom. The van der Waals surface area contributed by atoms with Crippen LogP contribution in [0.3, 0.4) is 0 Å². The van der Waals surface area contributed by atoms with Crippen molar-refractivity contribution in [3.05, 3.63) is 0 Å². The molecule has 0 rings (SSSR count). The van der Waals surface area contributed by atoms with Crippen molar-refractivity contribution >= 4 is 21.9 Å². The Morgan fingerprint density at radius 2 is 2.00 bits per heavy atom. The minimum absolute atomic E-state index is 0.187. The monoisotopic (exact) mass is 304 g/mol. The predicted molar refractivity (Wildman–Crippen MR) is 55.4 cm³/mol. The van der Waals surface area contributed by atoms with E-state index in [9.17, 15) is 9.46 Å². The molecule has 0 heterocycles. The van der Waals surface area contributed by atoms with Gasteiger partial charge in [-0.3, -0.25) is 0 Å². The molecule has 7 heteroatoms. The molecule has 0 aromatic heterocycles. The van der Waals surface area contributed by atoms with Crippen LogP contribution < -0.4 is 4.89 Å². The number of hydrogen-bond acceptors (Lipinski definition) is 5. The first kappa shape index (κ1) is 15.6. The molecule has 92 valence electrons. The first-order valence-electron chi connectivity index (χ1n) is 4.77. The van der Waals surface area contributed by atoms with Gasteiger partial charge in [0.15, 0.2) is 0 Å². The maximum atomic E-state index is 10.8. The first-order valence-corrected chi connectivity index (χ1v) is 8.53. The van der Waals surface area contributed by atoms with Crippen molar-refractivity contribution in [1.29, 1.82) is 0 Å². The molecule has 0 aromatic rings. The Morgan fingerprint density at radius 3 is 2.33 bits per heavy atom. The number of unbranched alkanes of at least 4 members (excludes halogenated alkanes) is 1. The van der Waals surface area contributed by atoms with Crippen LogP contribution in [0.25, 0.3) is 0 Å². The first-order chi connectivity index (χ1) is 6.89. The summed E-state index contributed by atoms with van der Waals surface area (Å²) in [5.74, 6) is 0. The molecule has 5 nitrogen and oxygen atoms in total. The summed E-state index contributed by atoms with van der Waals surface area (Å²) < 4.78 is 15.4. The van der Waals surface area contributed by atoms with Crippen molar-refractivity contribution in [2.24, 2.45) is 5.41 Å². The van der Waals surface area contributed by atoms with Gasteiger partial charge in [0, 0.05) is 0 Å². The van der Waals surface area contributed by atoms with E-state index in [4.69, 9.17) is 10.2 Å². The van der Waals surface area contributed by atoms with Crippen LogP contribution in [0.4, 0.5) is 0 Å². The van der Waals surface area contributed by atoms with Crippen LogP contribution in [-0.2, 0) is 9.09 Å². The van der Waals surface area contributed by atoms with E-state index in [0.717, 1.165) is 12.8 Å². The molecular formula is C8H17O5PSe-2. The molecular weight excluding hydrogens is 286 g/mol. The van der Waals surface area contributed by atoms with Gasteiger partial charge in [-0.1, -0.05) is 0 Å². The van der Waals surface area contributed by atoms with Gasteiger partial charge in [-0.05, 0) is 0 Å². The Labute approximate surface area is 97.8 Å². The summed E-state index contributed by atoms with van der Waals surface area (Å²) in [5.41, 5.74) is -0.861. The molecule has 0 spiro atoms. The van der Waals surface area contributed by atoms with Crippen LogP contribution in [0.1, 0.15) is 26.2 Å². The third-order valence-electron chi connectivity index (χ3n) is 2.26. The summed E-state index contributed by atoms with van der Waals surface area (Å²) in [5, 5.41) is 18.3. The van der Waals surface area contributed by atoms with Crippen molar-refractivity contribution in [3.63, 3.8) is 0 Å². The molecule has 0 aromatic carbocycles. The fraction of sp³-hybridized carbons (Fsp3) is 1.00. The Hall–Kier alpha value is 0.589. The van der Waals surface area contributed by atoms with E-state index in [1.165, 1.54) is 0 Å². The summed E-state index contributed by atoms with van der Waals surface area (Å²) in [6.07, 6.45) is -1.66. The molecule has 1 atom stereocenters. The number of aliphatic hydroxyl groups excluding tert-OH is 2.